The Morgan fingerprint density at radius 2 is 2.23 bits per heavy atom. The highest BCUT2D eigenvalue weighted by Crippen LogP contribution is 2.41. The van der Waals surface area contributed by atoms with Crippen molar-refractivity contribution in [1.29, 1.82) is 0 Å². The average Bonchev–Trinajstić information content (AvgIpc) is 2.73. The van der Waals surface area contributed by atoms with Crippen LogP contribution in [0.1, 0.15) is 36.4 Å². The van der Waals surface area contributed by atoms with Gasteiger partial charge >= 0.3 is 0 Å². The summed E-state index contributed by atoms with van der Waals surface area (Å²) < 4.78 is 0. The molecule has 13 heavy (non-hydrogen) atoms. The van der Waals surface area contributed by atoms with Gasteiger partial charge in [0.15, 0.2) is 0 Å². The van der Waals surface area contributed by atoms with E-state index in [0.29, 0.717) is 0 Å². The molecule has 1 aliphatic rings. The largest absolute Gasteiger partial charge is 0.329 e. The molecule has 0 unspecified atom stereocenters. The number of hydrogen-bond donors (Lipinski definition) is 1. The fourth-order valence-corrected chi connectivity index (χ4v) is 3.22. The number of thiazole rings is 1. The van der Waals surface area contributed by atoms with Crippen LogP contribution in [0.2, 0.25) is 0 Å². The van der Waals surface area contributed by atoms with Crippen LogP contribution < -0.4 is 5.73 Å². The Morgan fingerprint density at radius 1 is 1.54 bits per heavy atom. The summed E-state index contributed by atoms with van der Waals surface area (Å²) in [5.41, 5.74) is 7.25. The van der Waals surface area contributed by atoms with Crippen LogP contribution in [0, 0.1) is 6.92 Å². The molecule has 1 aromatic rings. The monoisotopic (exact) mass is 196 g/mol. The third-order valence-corrected chi connectivity index (χ3v) is 4.23. The first kappa shape index (κ1) is 9.16. The first-order valence-corrected chi connectivity index (χ1v) is 5.77. The maximum Gasteiger partial charge on any atom is 0.100 e. The molecule has 0 atom stereocenters. The van der Waals surface area contributed by atoms with E-state index >= 15 is 0 Å². The number of aromatic nitrogens is 1. The van der Waals surface area contributed by atoms with Crippen molar-refractivity contribution >= 4 is 11.3 Å². The Balaban J connectivity index is 2.30. The topological polar surface area (TPSA) is 38.9 Å². The minimum absolute atomic E-state index is 0.235. The van der Waals surface area contributed by atoms with Gasteiger partial charge in [-0.3, -0.25) is 0 Å². The second-order valence-corrected chi connectivity index (χ2v) is 4.84. The smallest absolute Gasteiger partial charge is 0.100 e. The number of nitrogens with zero attached hydrogens (tertiary/aromatic N) is 1. The van der Waals surface area contributed by atoms with E-state index in [1.165, 1.54) is 30.7 Å². The number of hydrogen-bond acceptors (Lipinski definition) is 3. The summed E-state index contributed by atoms with van der Waals surface area (Å²) in [5, 5.41) is 3.40. The molecule has 3 heteroatoms. The summed E-state index contributed by atoms with van der Waals surface area (Å²) in [6.07, 6.45) is 5.10. The van der Waals surface area contributed by atoms with Gasteiger partial charge in [0.05, 0.1) is 0 Å². The lowest BCUT2D eigenvalue weighted by atomic mass is 9.87. The van der Waals surface area contributed by atoms with Crippen molar-refractivity contribution in [3.05, 3.63) is 16.1 Å². The predicted octanol–water partition coefficient (Wildman–Crippen LogP) is 2.22. The molecule has 2 rings (SSSR count). The zero-order valence-electron chi connectivity index (χ0n) is 8.05. The lowest BCUT2D eigenvalue weighted by molar-refractivity contribution is 0.450. The second-order valence-electron chi connectivity index (χ2n) is 3.99. The van der Waals surface area contributed by atoms with Gasteiger partial charge in [0.2, 0.25) is 0 Å². The molecule has 0 aliphatic heterocycles. The van der Waals surface area contributed by atoms with Gasteiger partial charge in [-0.1, -0.05) is 12.8 Å². The van der Waals surface area contributed by atoms with Crippen molar-refractivity contribution in [3.63, 3.8) is 0 Å². The van der Waals surface area contributed by atoms with Crippen LogP contribution >= 0.6 is 11.3 Å². The summed E-state index contributed by atoms with van der Waals surface area (Å²) in [4.78, 5) is 4.57. The van der Waals surface area contributed by atoms with Crippen LogP contribution in [0.3, 0.4) is 0 Å². The van der Waals surface area contributed by atoms with E-state index in [0.717, 1.165) is 12.2 Å². The van der Waals surface area contributed by atoms with Crippen LogP contribution in [0.5, 0.6) is 0 Å². The molecule has 1 aromatic heterocycles. The molecule has 2 nitrogen and oxygen atoms in total. The first-order valence-electron chi connectivity index (χ1n) is 4.89. The molecule has 0 bridgehead atoms. The highest BCUT2D eigenvalue weighted by molar-refractivity contribution is 7.09. The van der Waals surface area contributed by atoms with E-state index in [2.05, 4.69) is 17.3 Å². The molecule has 1 fully saturated rings. The van der Waals surface area contributed by atoms with Crippen molar-refractivity contribution < 1.29 is 0 Å². The highest BCUT2D eigenvalue weighted by atomic mass is 32.1. The van der Waals surface area contributed by atoms with Gasteiger partial charge in [-0.05, 0) is 19.8 Å². The molecule has 1 saturated carbocycles. The fourth-order valence-electron chi connectivity index (χ4n) is 2.15. The maximum atomic E-state index is 5.88. The van der Waals surface area contributed by atoms with E-state index in [1.54, 1.807) is 11.3 Å². The number of rotatable bonds is 2. The quantitative estimate of drug-likeness (QED) is 0.787. The summed E-state index contributed by atoms with van der Waals surface area (Å²) >= 11 is 1.78. The molecule has 72 valence electrons. The Hall–Kier alpha value is -0.410. The average molecular weight is 196 g/mol. The number of nitrogens with two attached hydrogens (primary N) is 1. The van der Waals surface area contributed by atoms with Crippen LogP contribution in [0.25, 0.3) is 0 Å². The molecule has 0 saturated heterocycles. The zero-order valence-corrected chi connectivity index (χ0v) is 8.86. The summed E-state index contributed by atoms with van der Waals surface area (Å²) in [6.45, 7) is 2.82. The summed E-state index contributed by atoms with van der Waals surface area (Å²) in [6, 6.07) is 0. The van der Waals surface area contributed by atoms with Gasteiger partial charge in [0.1, 0.15) is 5.01 Å². The second kappa shape index (κ2) is 3.39. The Kier molecular flexibility index (Phi) is 2.39. The molecule has 0 spiro atoms. The summed E-state index contributed by atoms with van der Waals surface area (Å²) in [5.74, 6) is 0. The molecule has 2 N–H and O–H groups in total. The van der Waals surface area contributed by atoms with E-state index < -0.39 is 0 Å². The predicted molar refractivity (Wildman–Crippen MR) is 56.1 cm³/mol. The molecule has 1 heterocycles. The van der Waals surface area contributed by atoms with Gasteiger partial charge < -0.3 is 5.73 Å². The molecule has 0 aromatic carbocycles. The van der Waals surface area contributed by atoms with Crippen molar-refractivity contribution in [2.45, 2.75) is 38.0 Å². The van der Waals surface area contributed by atoms with E-state index in [9.17, 15) is 0 Å². The van der Waals surface area contributed by atoms with E-state index in [1.807, 2.05) is 0 Å². The Bertz CT molecular complexity index is 287. The van der Waals surface area contributed by atoms with Gasteiger partial charge in [-0.15, -0.1) is 11.3 Å². The van der Waals surface area contributed by atoms with Gasteiger partial charge in [0, 0.05) is 23.0 Å². The van der Waals surface area contributed by atoms with Gasteiger partial charge in [-0.25, -0.2) is 4.98 Å². The van der Waals surface area contributed by atoms with Crippen LogP contribution in [-0.2, 0) is 5.41 Å². The van der Waals surface area contributed by atoms with Gasteiger partial charge in [0.25, 0.3) is 0 Å². The highest BCUT2D eigenvalue weighted by Gasteiger charge is 2.36. The van der Waals surface area contributed by atoms with Crippen molar-refractivity contribution in [3.8, 4) is 0 Å². The van der Waals surface area contributed by atoms with Crippen LogP contribution in [0.4, 0.5) is 0 Å². The van der Waals surface area contributed by atoms with Crippen molar-refractivity contribution in [2.75, 3.05) is 6.54 Å². The van der Waals surface area contributed by atoms with E-state index in [4.69, 9.17) is 5.73 Å². The molecular weight excluding hydrogens is 180 g/mol. The molecule has 0 amide bonds. The minimum atomic E-state index is 0.235. The third kappa shape index (κ3) is 1.51. The molecule has 1 aliphatic carbocycles. The first-order chi connectivity index (χ1) is 6.27. The Labute approximate surface area is 83.2 Å². The summed E-state index contributed by atoms with van der Waals surface area (Å²) in [7, 11) is 0. The SMILES string of the molecule is Cc1csc(C2(CN)CCCC2)n1. The van der Waals surface area contributed by atoms with Crippen molar-refractivity contribution in [2.24, 2.45) is 5.73 Å². The lowest BCUT2D eigenvalue weighted by Crippen LogP contribution is -2.31. The fraction of sp³-hybridized carbons (Fsp3) is 0.700. The normalized spacial score (nSPS) is 20.8. The van der Waals surface area contributed by atoms with E-state index in [-0.39, 0.29) is 5.41 Å². The van der Waals surface area contributed by atoms with Crippen LogP contribution in [-0.4, -0.2) is 11.5 Å². The third-order valence-electron chi connectivity index (χ3n) is 3.02. The lowest BCUT2D eigenvalue weighted by Gasteiger charge is -2.23. The standard InChI is InChI=1S/C10H16N2S/c1-8-6-13-9(12-8)10(7-11)4-2-3-5-10/h6H,2-5,7,11H2,1H3. The zero-order chi connectivity index (χ0) is 9.31. The van der Waals surface area contributed by atoms with Crippen molar-refractivity contribution in [1.82, 2.24) is 4.98 Å². The van der Waals surface area contributed by atoms with Gasteiger partial charge in [-0.2, -0.15) is 0 Å². The Morgan fingerprint density at radius 3 is 2.69 bits per heavy atom. The maximum absolute atomic E-state index is 5.88. The van der Waals surface area contributed by atoms with Crippen LogP contribution in [0.15, 0.2) is 5.38 Å². The molecular formula is C10H16N2S. The minimum Gasteiger partial charge on any atom is -0.329 e. The molecule has 0 radical (unpaired) electrons. The number of aryl methyl sites for hydroxylation is 1.